The summed E-state index contributed by atoms with van der Waals surface area (Å²) in [6, 6.07) is 6.11. The van der Waals surface area contributed by atoms with Gasteiger partial charge in [0.15, 0.2) is 5.82 Å². The van der Waals surface area contributed by atoms with Gasteiger partial charge in [-0.15, -0.1) is 0 Å². The zero-order chi connectivity index (χ0) is 18.9. The topological polar surface area (TPSA) is 89.8 Å². The lowest BCUT2D eigenvalue weighted by Gasteiger charge is -2.24. The third kappa shape index (κ3) is 3.17. The lowest BCUT2D eigenvalue weighted by Crippen LogP contribution is -2.42. The zero-order valence-electron chi connectivity index (χ0n) is 15.6. The number of hydrogen-bond acceptors (Lipinski definition) is 7. The van der Waals surface area contributed by atoms with Crippen molar-refractivity contribution in [3.63, 3.8) is 0 Å². The molecule has 1 fully saturated rings. The highest BCUT2D eigenvalue weighted by molar-refractivity contribution is 5.89. The lowest BCUT2D eigenvalue weighted by atomic mass is 10.1. The Morgan fingerprint density at radius 3 is 3.07 bits per heavy atom. The smallest absolute Gasteiger partial charge is 0.154 e. The first-order valence-electron chi connectivity index (χ1n) is 9.37. The van der Waals surface area contributed by atoms with Crippen molar-refractivity contribution < 1.29 is 4.74 Å². The summed E-state index contributed by atoms with van der Waals surface area (Å²) in [6.07, 6.45) is 7.35. The Morgan fingerprint density at radius 2 is 2.18 bits per heavy atom. The van der Waals surface area contributed by atoms with Crippen molar-refractivity contribution in [2.45, 2.75) is 6.10 Å². The molecule has 4 aromatic heterocycles. The van der Waals surface area contributed by atoms with Crippen molar-refractivity contribution >= 4 is 27.9 Å². The Balaban J connectivity index is 1.53. The number of ether oxygens (including phenoxy) is 1. The number of aryl methyl sites for hydroxylation is 1. The fourth-order valence-electron chi connectivity index (χ4n) is 3.50. The van der Waals surface area contributed by atoms with Crippen LogP contribution < -0.4 is 10.6 Å². The summed E-state index contributed by atoms with van der Waals surface area (Å²) in [5.41, 5.74) is 4.26. The number of rotatable bonds is 4. The fraction of sp³-hybridized carbons (Fsp3) is 0.300. The van der Waals surface area contributed by atoms with Crippen LogP contribution in [0.5, 0.6) is 0 Å². The molecule has 0 amide bonds. The summed E-state index contributed by atoms with van der Waals surface area (Å²) in [6.45, 7) is 3.10. The predicted octanol–water partition coefficient (Wildman–Crippen LogP) is 1.98. The Bertz CT molecular complexity index is 1130. The number of anilines is 1. The van der Waals surface area contributed by atoms with Gasteiger partial charge < -0.3 is 19.9 Å². The molecular weight excluding hydrogens is 354 g/mol. The molecule has 0 radical (unpaired) electrons. The van der Waals surface area contributed by atoms with Crippen LogP contribution in [0.25, 0.3) is 33.3 Å². The van der Waals surface area contributed by atoms with Crippen LogP contribution in [0, 0.1) is 0 Å². The predicted molar refractivity (Wildman–Crippen MR) is 108 cm³/mol. The Hall–Kier alpha value is -3.10. The quantitative estimate of drug-likeness (QED) is 0.564. The Kier molecular flexibility index (Phi) is 4.34. The molecule has 5 heterocycles. The van der Waals surface area contributed by atoms with E-state index in [2.05, 4.69) is 37.7 Å². The first-order valence-corrected chi connectivity index (χ1v) is 9.37. The van der Waals surface area contributed by atoms with Crippen molar-refractivity contribution in [2.75, 3.05) is 31.6 Å². The van der Waals surface area contributed by atoms with Gasteiger partial charge in [0.25, 0.3) is 0 Å². The van der Waals surface area contributed by atoms with E-state index >= 15 is 0 Å². The largest absolute Gasteiger partial charge is 0.374 e. The maximum Gasteiger partial charge on any atom is 0.154 e. The molecule has 8 nitrogen and oxygen atoms in total. The molecular formula is C20H21N7O. The molecule has 4 aromatic rings. The van der Waals surface area contributed by atoms with Crippen LogP contribution in [-0.2, 0) is 11.8 Å². The van der Waals surface area contributed by atoms with Crippen LogP contribution in [-0.4, -0.2) is 56.8 Å². The van der Waals surface area contributed by atoms with Crippen LogP contribution in [0.15, 0.2) is 43.0 Å². The van der Waals surface area contributed by atoms with E-state index in [1.54, 1.807) is 12.4 Å². The number of pyridine rings is 2. The number of aromatic nitrogens is 5. The van der Waals surface area contributed by atoms with Gasteiger partial charge in [-0.3, -0.25) is 4.98 Å². The van der Waals surface area contributed by atoms with E-state index in [1.807, 2.05) is 30.1 Å². The molecule has 0 spiro atoms. The highest BCUT2D eigenvalue weighted by atomic mass is 16.5. The highest BCUT2D eigenvalue weighted by Gasteiger charge is 2.16. The molecule has 0 unspecified atom stereocenters. The van der Waals surface area contributed by atoms with E-state index in [1.165, 1.54) is 0 Å². The SMILES string of the molecule is Cn1ccc2cc(-c3cc4nccnc4c(NC[C@@H]4CNCCO4)n3)cnc21. The summed E-state index contributed by atoms with van der Waals surface area (Å²) >= 11 is 0. The molecule has 1 aliphatic heterocycles. The molecule has 0 saturated carbocycles. The molecule has 1 saturated heterocycles. The second-order valence-electron chi connectivity index (χ2n) is 6.92. The van der Waals surface area contributed by atoms with Crippen molar-refractivity contribution in [1.82, 2.24) is 29.8 Å². The van der Waals surface area contributed by atoms with E-state index in [0.29, 0.717) is 12.4 Å². The maximum absolute atomic E-state index is 5.78. The summed E-state index contributed by atoms with van der Waals surface area (Å²) < 4.78 is 7.78. The van der Waals surface area contributed by atoms with Gasteiger partial charge in [-0.05, 0) is 18.2 Å². The third-order valence-corrected chi connectivity index (χ3v) is 4.96. The molecule has 142 valence electrons. The molecule has 2 N–H and O–H groups in total. The second-order valence-corrected chi connectivity index (χ2v) is 6.92. The van der Waals surface area contributed by atoms with Gasteiger partial charge in [0.2, 0.25) is 0 Å². The van der Waals surface area contributed by atoms with E-state index in [4.69, 9.17) is 9.72 Å². The molecule has 0 aliphatic carbocycles. The van der Waals surface area contributed by atoms with Gasteiger partial charge in [0, 0.05) is 62.4 Å². The monoisotopic (exact) mass is 375 g/mol. The van der Waals surface area contributed by atoms with Crippen LogP contribution in [0.3, 0.4) is 0 Å². The van der Waals surface area contributed by atoms with Crippen LogP contribution >= 0.6 is 0 Å². The lowest BCUT2D eigenvalue weighted by molar-refractivity contribution is 0.0372. The van der Waals surface area contributed by atoms with E-state index in [9.17, 15) is 0 Å². The molecule has 1 aliphatic rings. The average Bonchev–Trinajstić information content (AvgIpc) is 3.13. The third-order valence-electron chi connectivity index (χ3n) is 4.96. The number of morpholine rings is 1. The van der Waals surface area contributed by atoms with Gasteiger partial charge in [-0.1, -0.05) is 0 Å². The second kappa shape index (κ2) is 7.14. The minimum absolute atomic E-state index is 0.105. The number of fused-ring (bicyclic) bond motifs is 2. The molecule has 0 aromatic carbocycles. The van der Waals surface area contributed by atoms with Crippen molar-refractivity contribution in [3.8, 4) is 11.3 Å². The summed E-state index contributed by atoms with van der Waals surface area (Å²) in [4.78, 5) is 18.4. The van der Waals surface area contributed by atoms with E-state index < -0.39 is 0 Å². The molecule has 1 atom stereocenters. The average molecular weight is 375 g/mol. The minimum Gasteiger partial charge on any atom is -0.374 e. The zero-order valence-corrected chi connectivity index (χ0v) is 15.6. The molecule has 8 heteroatoms. The highest BCUT2D eigenvalue weighted by Crippen LogP contribution is 2.27. The van der Waals surface area contributed by atoms with Crippen LogP contribution in [0.2, 0.25) is 0 Å². The van der Waals surface area contributed by atoms with Gasteiger partial charge >= 0.3 is 0 Å². The van der Waals surface area contributed by atoms with Crippen LogP contribution in [0.1, 0.15) is 0 Å². The number of nitrogens with one attached hydrogen (secondary N) is 2. The molecule has 0 bridgehead atoms. The Morgan fingerprint density at radius 1 is 1.25 bits per heavy atom. The van der Waals surface area contributed by atoms with Crippen molar-refractivity contribution in [3.05, 3.63) is 43.0 Å². The van der Waals surface area contributed by atoms with Gasteiger partial charge in [0.1, 0.15) is 11.2 Å². The van der Waals surface area contributed by atoms with E-state index in [0.717, 1.165) is 53.0 Å². The summed E-state index contributed by atoms with van der Waals surface area (Å²) in [5.74, 6) is 0.711. The number of hydrogen-bond donors (Lipinski definition) is 2. The maximum atomic E-state index is 5.78. The first-order chi connectivity index (χ1) is 13.8. The molecule has 28 heavy (non-hydrogen) atoms. The van der Waals surface area contributed by atoms with Gasteiger partial charge in [-0.2, -0.15) is 0 Å². The summed E-state index contributed by atoms with van der Waals surface area (Å²) in [7, 11) is 1.99. The minimum atomic E-state index is 0.105. The Labute approximate surface area is 162 Å². The number of nitrogens with zero attached hydrogens (tertiary/aromatic N) is 5. The van der Waals surface area contributed by atoms with Crippen molar-refractivity contribution in [1.29, 1.82) is 0 Å². The van der Waals surface area contributed by atoms with E-state index in [-0.39, 0.29) is 6.10 Å². The summed E-state index contributed by atoms with van der Waals surface area (Å²) in [5, 5.41) is 7.83. The van der Waals surface area contributed by atoms with Crippen molar-refractivity contribution in [2.24, 2.45) is 7.05 Å². The normalized spacial score (nSPS) is 17.2. The fourth-order valence-corrected chi connectivity index (χ4v) is 3.50. The first kappa shape index (κ1) is 17.0. The van der Waals surface area contributed by atoms with Gasteiger partial charge in [-0.25, -0.2) is 15.0 Å². The van der Waals surface area contributed by atoms with Crippen LogP contribution in [0.4, 0.5) is 5.82 Å². The van der Waals surface area contributed by atoms with Gasteiger partial charge in [0.05, 0.1) is 23.9 Å². The molecule has 5 rings (SSSR count). The standard InChI is InChI=1S/C20H21N7O/c1-27-6-2-13-8-14(10-25-20(13)27)16-9-17-18(23-4-3-22-17)19(26-16)24-12-15-11-21-5-7-28-15/h2-4,6,8-10,15,21H,5,7,11-12H2,1H3,(H,24,26)/t15-/m0/s1.